The third-order valence-electron chi connectivity index (χ3n) is 4.33. The van der Waals surface area contributed by atoms with E-state index in [0.717, 1.165) is 22.9 Å². The molecule has 0 unspecified atom stereocenters. The summed E-state index contributed by atoms with van der Waals surface area (Å²) < 4.78 is 5.73. The van der Waals surface area contributed by atoms with E-state index in [9.17, 15) is 4.79 Å². The highest BCUT2D eigenvalue weighted by molar-refractivity contribution is 7.80. The topological polar surface area (TPSA) is 50.4 Å². The summed E-state index contributed by atoms with van der Waals surface area (Å²) in [5, 5.41) is 8.26. The van der Waals surface area contributed by atoms with Gasteiger partial charge in [0.15, 0.2) is 5.11 Å². The molecule has 0 spiro atoms. The van der Waals surface area contributed by atoms with Gasteiger partial charge in [-0.2, -0.15) is 0 Å². The second kappa shape index (κ2) is 9.33. The molecule has 3 rings (SSSR count). The lowest BCUT2D eigenvalue weighted by Crippen LogP contribution is -2.34. The Bertz CT molecular complexity index is 980. The summed E-state index contributed by atoms with van der Waals surface area (Å²) in [6.45, 7) is 4.93. The number of nitrogens with one attached hydrogen (secondary N) is 2. The van der Waals surface area contributed by atoms with Crippen LogP contribution in [0.1, 0.15) is 30.6 Å². The van der Waals surface area contributed by atoms with Crippen molar-refractivity contribution in [1.82, 2.24) is 5.32 Å². The molecule has 0 heterocycles. The van der Waals surface area contributed by atoms with Crippen molar-refractivity contribution >= 4 is 39.7 Å². The molecule has 2 N–H and O–H groups in total. The van der Waals surface area contributed by atoms with Gasteiger partial charge in [0.2, 0.25) is 0 Å². The number of benzene rings is 3. The normalized spacial score (nSPS) is 10.7. The predicted molar refractivity (Wildman–Crippen MR) is 119 cm³/mol. The molecule has 0 aliphatic heterocycles. The summed E-state index contributed by atoms with van der Waals surface area (Å²) in [6, 6.07) is 21.1. The summed E-state index contributed by atoms with van der Waals surface area (Å²) in [5.41, 5.74) is 1.36. The summed E-state index contributed by atoms with van der Waals surface area (Å²) in [4.78, 5) is 12.5. The number of rotatable bonds is 6. The van der Waals surface area contributed by atoms with Crippen LogP contribution >= 0.6 is 12.2 Å². The molecule has 0 radical (unpaired) electrons. The predicted octanol–water partition coefficient (Wildman–Crippen LogP) is 5.39. The Kier molecular flexibility index (Phi) is 6.61. The van der Waals surface area contributed by atoms with Crippen molar-refractivity contribution in [2.75, 3.05) is 11.9 Å². The first-order valence-electron chi connectivity index (χ1n) is 9.36. The molecule has 0 saturated carbocycles. The first-order valence-corrected chi connectivity index (χ1v) is 9.76. The second-order valence-corrected chi connectivity index (χ2v) is 7.40. The molecule has 1 amide bonds. The zero-order valence-electron chi connectivity index (χ0n) is 16.1. The number of thiocarbonyl (C=S) groups is 1. The molecule has 0 bridgehead atoms. The highest BCUT2D eigenvalue weighted by Gasteiger charge is 2.10. The van der Waals surface area contributed by atoms with Crippen LogP contribution in [0, 0.1) is 5.92 Å². The molecule has 0 saturated heterocycles. The zero-order valence-corrected chi connectivity index (χ0v) is 16.9. The summed E-state index contributed by atoms with van der Waals surface area (Å²) in [5.74, 6) is 0.984. The molecular formula is C23H24N2O2S. The lowest BCUT2D eigenvalue weighted by Gasteiger charge is -2.13. The van der Waals surface area contributed by atoms with E-state index < -0.39 is 0 Å². The third kappa shape index (κ3) is 5.30. The van der Waals surface area contributed by atoms with Gasteiger partial charge in [-0.3, -0.25) is 10.1 Å². The lowest BCUT2D eigenvalue weighted by atomic mass is 10.1. The number of fused-ring (bicyclic) bond motifs is 1. The minimum absolute atomic E-state index is 0.257. The summed E-state index contributed by atoms with van der Waals surface area (Å²) >= 11 is 5.33. The van der Waals surface area contributed by atoms with Gasteiger partial charge in [0.25, 0.3) is 5.91 Å². The minimum Gasteiger partial charge on any atom is -0.494 e. The van der Waals surface area contributed by atoms with Gasteiger partial charge in [0, 0.05) is 16.6 Å². The van der Waals surface area contributed by atoms with Crippen molar-refractivity contribution in [3.63, 3.8) is 0 Å². The van der Waals surface area contributed by atoms with Gasteiger partial charge in [0.1, 0.15) is 5.75 Å². The first kappa shape index (κ1) is 19.8. The van der Waals surface area contributed by atoms with E-state index in [-0.39, 0.29) is 11.0 Å². The van der Waals surface area contributed by atoms with E-state index in [1.165, 1.54) is 0 Å². The highest BCUT2D eigenvalue weighted by Crippen LogP contribution is 2.23. The maximum absolute atomic E-state index is 12.5. The highest BCUT2D eigenvalue weighted by atomic mass is 32.1. The molecule has 0 aliphatic rings. The van der Waals surface area contributed by atoms with Crippen molar-refractivity contribution in [3.05, 3.63) is 72.3 Å². The molecule has 4 nitrogen and oxygen atoms in total. The Hall–Kier alpha value is -2.92. The van der Waals surface area contributed by atoms with Crippen LogP contribution in [-0.4, -0.2) is 17.6 Å². The molecular weight excluding hydrogens is 368 g/mol. The number of amides is 1. The Balaban J connectivity index is 1.63. The molecule has 3 aromatic rings. The van der Waals surface area contributed by atoms with Gasteiger partial charge in [-0.25, -0.2) is 0 Å². The van der Waals surface area contributed by atoms with Gasteiger partial charge < -0.3 is 10.1 Å². The molecule has 144 valence electrons. The molecule has 0 aliphatic carbocycles. The largest absolute Gasteiger partial charge is 0.494 e. The zero-order chi connectivity index (χ0) is 19.9. The van der Waals surface area contributed by atoms with Crippen LogP contribution in [0.2, 0.25) is 0 Å². The van der Waals surface area contributed by atoms with Crippen LogP contribution in [0.5, 0.6) is 5.75 Å². The van der Waals surface area contributed by atoms with Gasteiger partial charge in [-0.05, 0) is 54.2 Å². The smallest absolute Gasteiger partial charge is 0.257 e. The van der Waals surface area contributed by atoms with Gasteiger partial charge in [0.05, 0.1) is 6.61 Å². The van der Waals surface area contributed by atoms with Crippen LogP contribution in [0.25, 0.3) is 10.8 Å². The summed E-state index contributed by atoms with van der Waals surface area (Å²) in [6.07, 6.45) is 0.968. The number of carbonyl (C=O) groups is 1. The Labute approximate surface area is 170 Å². The fourth-order valence-corrected chi connectivity index (χ4v) is 3.01. The number of hydrogen-bond acceptors (Lipinski definition) is 3. The third-order valence-corrected chi connectivity index (χ3v) is 4.53. The lowest BCUT2D eigenvalue weighted by molar-refractivity contribution is 0.0977. The molecule has 0 aromatic heterocycles. The van der Waals surface area contributed by atoms with E-state index >= 15 is 0 Å². The van der Waals surface area contributed by atoms with Crippen molar-refractivity contribution < 1.29 is 9.53 Å². The van der Waals surface area contributed by atoms with Crippen LogP contribution < -0.4 is 15.4 Å². The van der Waals surface area contributed by atoms with Crippen molar-refractivity contribution in [2.45, 2.75) is 20.3 Å². The van der Waals surface area contributed by atoms with Crippen LogP contribution in [0.3, 0.4) is 0 Å². The SMILES string of the molecule is CC(C)CCOc1cccc(C(=O)NC(=S)Nc2cccc3ccccc23)c1. The summed E-state index contributed by atoms with van der Waals surface area (Å²) in [7, 11) is 0. The molecule has 0 atom stereocenters. The average Bonchev–Trinajstić information content (AvgIpc) is 2.68. The maximum Gasteiger partial charge on any atom is 0.257 e. The van der Waals surface area contributed by atoms with Crippen LogP contribution in [0.4, 0.5) is 5.69 Å². The standard InChI is InChI=1S/C23H24N2O2S/c1-16(2)13-14-27-19-10-5-9-18(15-19)22(26)25-23(28)24-21-12-6-8-17-7-3-4-11-20(17)21/h3-12,15-16H,13-14H2,1-2H3,(H2,24,25,26,28). The number of anilines is 1. The van der Waals surface area contributed by atoms with E-state index in [1.54, 1.807) is 18.2 Å². The second-order valence-electron chi connectivity index (χ2n) is 6.99. The number of carbonyl (C=O) groups excluding carboxylic acids is 1. The van der Waals surface area contributed by atoms with E-state index in [0.29, 0.717) is 23.8 Å². The van der Waals surface area contributed by atoms with Crippen LogP contribution in [0.15, 0.2) is 66.7 Å². The molecule has 5 heteroatoms. The molecule has 28 heavy (non-hydrogen) atoms. The quantitative estimate of drug-likeness (QED) is 0.552. The van der Waals surface area contributed by atoms with Gasteiger partial charge in [-0.1, -0.05) is 56.3 Å². The monoisotopic (exact) mass is 392 g/mol. The van der Waals surface area contributed by atoms with Gasteiger partial charge >= 0.3 is 0 Å². The van der Waals surface area contributed by atoms with E-state index in [4.69, 9.17) is 17.0 Å². The van der Waals surface area contributed by atoms with Crippen LogP contribution in [-0.2, 0) is 0 Å². The Morgan fingerprint density at radius 1 is 1.04 bits per heavy atom. The van der Waals surface area contributed by atoms with Gasteiger partial charge in [-0.15, -0.1) is 0 Å². The first-order chi connectivity index (χ1) is 13.5. The molecule has 0 fully saturated rings. The fourth-order valence-electron chi connectivity index (χ4n) is 2.80. The fraction of sp³-hybridized carbons (Fsp3) is 0.217. The van der Waals surface area contributed by atoms with Crippen molar-refractivity contribution in [1.29, 1.82) is 0 Å². The minimum atomic E-state index is -0.271. The molecule has 3 aromatic carbocycles. The Morgan fingerprint density at radius 3 is 2.61 bits per heavy atom. The number of ether oxygens (including phenoxy) is 1. The van der Waals surface area contributed by atoms with E-state index in [1.807, 2.05) is 48.5 Å². The average molecular weight is 393 g/mol. The Morgan fingerprint density at radius 2 is 1.79 bits per heavy atom. The van der Waals surface area contributed by atoms with Crippen molar-refractivity contribution in [3.8, 4) is 5.75 Å². The van der Waals surface area contributed by atoms with E-state index in [2.05, 4.69) is 24.5 Å². The number of hydrogen-bond donors (Lipinski definition) is 2. The van der Waals surface area contributed by atoms with Crippen molar-refractivity contribution in [2.24, 2.45) is 5.92 Å². The maximum atomic E-state index is 12.5.